The highest BCUT2D eigenvalue weighted by Crippen LogP contribution is 2.17. The zero-order valence-corrected chi connectivity index (χ0v) is 10.6. The smallest absolute Gasteiger partial charge is 0.177 e. The van der Waals surface area contributed by atoms with Gasteiger partial charge < -0.3 is 0 Å². The number of Topliss-reactive ketones (excluding diaryl/α,β-unsaturated/α-hetero) is 1. The first-order valence-corrected chi connectivity index (χ1v) is 5.65. The van der Waals surface area contributed by atoms with E-state index in [2.05, 4.69) is 15.9 Å². The minimum atomic E-state index is -0.317. The number of alkyl halides is 1. The Hall–Kier alpha value is 0.0300. The normalized spacial score (nSPS) is 12.6. The average molecular weight is 357 g/mol. The van der Waals surface area contributed by atoms with Gasteiger partial charge in [0.05, 0.1) is 4.83 Å². The molecule has 0 aromatic heterocycles. The summed E-state index contributed by atoms with van der Waals surface area (Å²) in [6, 6.07) is 4.16. The molecule has 13 heavy (non-hydrogen) atoms. The predicted molar refractivity (Wildman–Crippen MR) is 61.8 cm³/mol. The van der Waals surface area contributed by atoms with Crippen molar-refractivity contribution in [3.05, 3.63) is 33.1 Å². The highest BCUT2D eigenvalue weighted by atomic mass is 127. The molecule has 1 nitrogen and oxygen atoms in total. The number of benzene rings is 1. The lowest BCUT2D eigenvalue weighted by atomic mass is 10.1. The predicted octanol–water partition coefficient (Wildman–Crippen LogP) is 3.40. The van der Waals surface area contributed by atoms with E-state index in [-0.39, 0.29) is 16.4 Å². The van der Waals surface area contributed by atoms with Crippen LogP contribution < -0.4 is 0 Å². The fraction of sp³-hybridized carbons (Fsp3) is 0.222. The molecule has 1 rings (SSSR count). The Kier molecular flexibility index (Phi) is 3.85. The Morgan fingerprint density at radius 2 is 2.23 bits per heavy atom. The third kappa shape index (κ3) is 2.74. The summed E-state index contributed by atoms with van der Waals surface area (Å²) in [5.41, 5.74) is 0.561. The van der Waals surface area contributed by atoms with Crippen molar-refractivity contribution in [2.45, 2.75) is 11.8 Å². The Balaban J connectivity index is 3.09. The molecular formula is C9H7BrFIO. The molecule has 0 amide bonds. The maximum Gasteiger partial charge on any atom is 0.177 e. The van der Waals surface area contributed by atoms with E-state index in [9.17, 15) is 9.18 Å². The van der Waals surface area contributed by atoms with Gasteiger partial charge in [-0.05, 0) is 47.7 Å². The summed E-state index contributed by atoms with van der Waals surface area (Å²) in [5, 5.41) is 0. The molecular weight excluding hydrogens is 350 g/mol. The van der Waals surface area contributed by atoms with Crippen LogP contribution in [-0.2, 0) is 0 Å². The van der Waals surface area contributed by atoms with Crippen LogP contribution in [0.3, 0.4) is 0 Å². The minimum absolute atomic E-state index is 0.0237. The summed E-state index contributed by atoms with van der Waals surface area (Å²) in [4.78, 5) is 11.3. The second-order valence-corrected chi connectivity index (χ2v) is 5.14. The van der Waals surface area contributed by atoms with Crippen LogP contribution in [0.15, 0.2) is 18.2 Å². The number of rotatable bonds is 2. The van der Waals surface area contributed by atoms with Crippen LogP contribution in [-0.4, -0.2) is 10.6 Å². The number of carbonyl (C=O) groups is 1. The summed E-state index contributed by atoms with van der Waals surface area (Å²) in [6.07, 6.45) is 0. The third-order valence-electron chi connectivity index (χ3n) is 1.56. The molecule has 0 fully saturated rings. The Labute approximate surface area is 98.0 Å². The molecule has 0 radical (unpaired) electrons. The standard InChI is InChI=1S/C9H7BrFIO/c1-5(10)9(13)7-3-2-6(11)4-8(7)12/h2-5H,1H3. The number of halogens is 3. The lowest BCUT2D eigenvalue weighted by Crippen LogP contribution is -2.11. The van der Waals surface area contributed by atoms with Crippen LogP contribution in [0.25, 0.3) is 0 Å². The van der Waals surface area contributed by atoms with Crippen molar-refractivity contribution in [3.63, 3.8) is 0 Å². The van der Waals surface area contributed by atoms with Crippen molar-refractivity contribution in [3.8, 4) is 0 Å². The lowest BCUT2D eigenvalue weighted by Gasteiger charge is -2.04. The quantitative estimate of drug-likeness (QED) is 0.451. The van der Waals surface area contributed by atoms with E-state index in [1.165, 1.54) is 18.2 Å². The van der Waals surface area contributed by atoms with Crippen LogP contribution in [0.2, 0.25) is 0 Å². The average Bonchev–Trinajstić information content (AvgIpc) is 2.03. The molecule has 4 heteroatoms. The van der Waals surface area contributed by atoms with Crippen LogP contribution in [0.4, 0.5) is 4.39 Å². The molecule has 1 aromatic rings. The molecule has 0 aliphatic heterocycles. The summed E-state index contributed by atoms with van der Waals surface area (Å²) < 4.78 is 13.3. The fourth-order valence-corrected chi connectivity index (χ4v) is 1.89. The summed E-state index contributed by atoms with van der Waals surface area (Å²) in [6.45, 7) is 1.75. The first-order chi connectivity index (χ1) is 6.02. The summed E-state index contributed by atoms with van der Waals surface area (Å²) in [5.74, 6) is -0.340. The zero-order chi connectivity index (χ0) is 10.0. The number of hydrogen-bond donors (Lipinski definition) is 0. The van der Waals surface area contributed by atoms with Gasteiger partial charge in [-0.15, -0.1) is 0 Å². The molecule has 1 aromatic carbocycles. The zero-order valence-electron chi connectivity index (χ0n) is 6.85. The van der Waals surface area contributed by atoms with Crippen LogP contribution >= 0.6 is 38.5 Å². The third-order valence-corrected chi connectivity index (χ3v) is 2.87. The second-order valence-electron chi connectivity index (χ2n) is 2.60. The molecule has 0 N–H and O–H groups in total. The van der Waals surface area contributed by atoms with Crippen molar-refractivity contribution < 1.29 is 9.18 Å². The van der Waals surface area contributed by atoms with Gasteiger partial charge in [0.2, 0.25) is 0 Å². The van der Waals surface area contributed by atoms with Crippen molar-refractivity contribution in [2.75, 3.05) is 0 Å². The number of carbonyl (C=O) groups excluding carboxylic acids is 1. The minimum Gasteiger partial charge on any atom is -0.293 e. The molecule has 0 saturated carbocycles. The van der Waals surface area contributed by atoms with E-state index in [0.717, 1.165) is 0 Å². The monoisotopic (exact) mass is 356 g/mol. The van der Waals surface area contributed by atoms with Gasteiger partial charge in [0.25, 0.3) is 0 Å². The number of hydrogen-bond acceptors (Lipinski definition) is 1. The first-order valence-electron chi connectivity index (χ1n) is 3.65. The van der Waals surface area contributed by atoms with Gasteiger partial charge in [-0.3, -0.25) is 4.79 Å². The van der Waals surface area contributed by atoms with Crippen molar-refractivity contribution in [1.29, 1.82) is 0 Å². The van der Waals surface area contributed by atoms with E-state index in [0.29, 0.717) is 9.13 Å². The van der Waals surface area contributed by atoms with E-state index >= 15 is 0 Å². The van der Waals surface area contributed by atoms with Crippen LogP contribution in [0, 0.1) is 9.39 Å². The highest BCUT2D eigenvalue weighted by molar-refractivity contribution is 14.1. The highest BCUT2D eigenvalue weighted by Gasteiger charge is 2.14. The SMILES string of the molecule is CC(Br)C(=O)c1ccc(F)cc1I. The van der Waals surface area contributed by atoms with Gasteiger partial charge in [0.15, 0.2) is 5.78 Å². The van der Waals surface area contributed by atoms with Gasteiger partial charge in [-0.2, -0.15) is 0 Å². The summed E-state index contributed by atoms with van der Waals surface area (Å²) in [7, 11) is 0. The molecule has 0 saturated heterocycles. The Morgan fingerprint density at radius 3 is 2.69 bits per heavy atom. The second kappa shape index (κ2) is 4.50. The topological polar surface area (TPSA) is 17.1 Å². The van der Waals surface area contributed by atoms with Crippen LogP contribution in [0.5, 0.6) is 0 Å². The van der Waals surface area contributed by atoms with Crippen LogP contribution in [0.1, 0.15) is 17.3 Å². The van der Waals surface area contributed by atoms with Gasteiger partial charge in [0.1, 0.15) is 5.82 Å². The van der Waals surface area contributed by atoms with Gasteiger partial charge >= 0.3 is 0 Å². The molecule has 0 aliphatic carbocycles. The lowest BCUT2D eigenvalue weighted by molar-refractivity contribution is 0.0995. The molecule has 70 valence electrons. The molecule has 1 unspecified atom stereocenters. The van der Waals surface area contributed by atoms with Gasteiger partial charge in [-0.25, -0.2) is 4.39 Å². The largest absolute Gasteiger partial charge is 0.293 e. The van der Waals surface area contributed by atoms with E-state index < -0.39 is 0 Å². The molecule has 0 heterocycles. The van der Waals surface area contributed by atoms with Gasteiger partial charge in [0, 0.05) is 9.13 Å². The molecule has 1 atom stereocenters. The maximum atomic E-state index is 12.7. The van der Waals surface area contributed by atoms with Crippen molar-refractivity contribution in [1.82, 2.24) is 0 Å². The summed E-state index contributed by atoms with van der Waals surface area (Å²) >= 11 is 5.14. The van der Waals surface area contributed by atoms with E-state index in [4.69, 9.17) is 0 Å². The fourth-order valence-electron chi connectivity index (χ4n) is 0.904. The van der Waals surface area contributed by atoms with Crippen molar-refractivity contribution in [2.24, 2.45) is 0 Å². The first kappa shape index (κ1) is 11.1. The molecule has 0 spiro atoms. The molecule has 0 bridgehead atoms. The molecule has 0 aliphatic rings. The maximum absolute atomic E-state index is 12.7. The Morgan fingerprint density at radius 1 is 1.62 bits per heavy atom. The Bertz CT molecular complexity index is 338. The van der Waals surface area contributed by atoms with Gasteiger partial charge in [-0.1, -0.05) is 15.9 Å². The number of ketones is 1. The van der Waals surface area contributed by atoms with E-state index in [1.807, 2.05) is 22.6 Å². The van der Waals surface area contributed by atoms with Crippen molar-refractivity contribution >= 4 is 44.3 Å². The van der Waals surface area contributed by atoms with E-state index in [1.54, 1.807) is 6.92 Å².